The monoisotopic (exact) mass is 379 g/mol. The second-order valence-electron chi connectivity index (χ2n) is 8.08. The predicted octanol–water partition coefficient (Wildman–Crippen LogP) is 4.68. The molecule has 0 bridgehead atoms. The minimum Gasteiger partial charge on any atom is -0.342 e. The molecule has 4 heteroatoms. The van der Waals surface area contributed by atoms with Crippen LogP contribution in [0.5, 0.6) is 0 Å². The number of hydrogen-bond donors (Lipinski definition) is 0. The van der Waals surface area contributed by atoms with E-state index < -0.39 is 0 Å². The van der Waals surface area contributed by atoms with Crippen molar-refractivity contribution in [2.75, 3.05) is 13.1 Å². The number of Topliss-reactive ketones (excluding diaryl/α,β-unsaturated/α-hetero) is 1. The Morgan fingerprint density at radius 1 is 1.04 bits per heavy atom. The number of carbonyl (C=O) groups excluding carboxylic acids is 2. The van der Waals surface area contributed by atoms with Crippen LogP contribution in [-0.2, 0) is 11.2 Å². The van der Waals surface area contributed by atoms with Gasteiger partial charge in [-0.15, -0.1) is 0 Å². The number of nitrogens with zero attached hydrogens (tertiary/aromatic N) is 1. The predicted molar refractivity (Wildman–Crippen MR) is 107 cm³/mol. The number of piperidine rings is 1. The zero-order valence-electron chi connectivity index (χ0n) is 16.3. The van der Waals surface area contributed by atoms with Gasteiger partial charge in [-0.2, -0.15) is 0 Å². The van der Waals surface area contributed by atoms with Crippen LogP contribution in [-0.4, -0.2) is 29.7 Å². The summed E-state index contributed by atoms with van der Waals surface area (Å²) < 4.78 is 14.1. The number of amides is 1. The summed E-state index contributed by atoms with van der Waals surface area (Å²) in [5.41, 5.74) is 3.61. The molecule has 0 saturated carbocycles. The van der Waals surface area contributed by atoms with Crippen molar-refractivity contribution >= 4 is 11.7 Å². The first-order valence-electron chi connectivity index (χ1n) is 10.2. The third kappa shape index (κ3) is 3.60. The minimum absolute atomic E-state index is 0.0600. The van der Waals surface area contributed by atoms with Crippen LogP contribution in [0.1, 0.15) is 58.6 Å². The fourth-order valence-corrected chi connectivity index (χ4v) is 4.75. The van der Waals surface area contributed by atoms with E-state index in [-0.39, 0.29) is 29.8 Å². The van der Waals surface area contributed by atoms with Crippen molar-refractivity contribution in [2.24, 2.45) is 5.92 Å². The third-order valence-electron chi connectivity index (χ3n) is 6.38. The van der Waals surface area contributed by atoms with E-state index in [0.29, 0.717) is 29.9 Å². The number of fused-ring (bicyclic) bond motifs is 1. The number of aryl methyl sites for hydroxylation is 1. The zero-order valence-corrected chi connectivity index (χ0v) is 16.3. The standard InChI is InChI=1S/C24H26FNO2/c1-16-5-2-3-6-19(16)17-11-13-26(14-12-17)24(28)18-9-10-20-21(23(27)15-18)7-4-8-22(20)25/h2-8,17-18H,9-15H2,1H3. The molecule has 1 heterocycles. The molecular weight excluding hydrogens is 353 g/mol. The Kier molecular flexibility index (Phi) is 5.29. The van der Waals surface area contributed by atoms with Crippen LogP contribution in [0.15, 0.2) is 42.5 Å². The van der Waals surface area contributed by atoms with Crippen LogP contribution in [0.3, 0.4) is 0 Å². The maximum Gasteiger partial charge on any atom is 0.226 e. The summed E-state index contributed by atoms with van der Waals surface area (Å²) in [5, 5.41) is 0. The van der Waals surface area contributed by atoms with Crippen molar-refractivity contribution < 1.29 is 14.0 Å². The highest BCUT2D eigenvalue weighted by atomic mass is 19.1. The van der Waals surface area contributed by atoms with Crippen LogP contribution < -0.4 is 0 Å². The quantitative estimate of drug-likeness (QED) is 0.711. The summed E-state index contributed by atoms with van der Waals surface area (Å²) in [5.74, 6) is -0.239. The number of likely N-dealkylation sites (tertiary alicyclic amines) is 1. The number of rotatable bonds is 2. The summed E-state index contributed by atoms with van der Waals surface area (Å²) in [6.45, 7) is 3.59. The summed E-state index contributed by atoms with van der Waals surface area (Å²) in [7, 11) is 0. The lowest BCUT2D eigenvalue weighted by molar-refractivity contribution is -0.136. The van der Waals surface area contributed by atoms with Gasteiger partial charge in [0.1, 0.15) is 5.82 Å². The van der Waals surface area contributed by atoms with E-state index >= 15 is 0 Å². The average molecular weight is 379 g/mol. The van der Waals surface area contributed by atoms with Gasteiger partial charge in [-0.3, -0.25) is 9.59 Å². The molecule has 1 amide bonds. The first kappa shape index (κ1) is 18.9. The fourth-order valence-electron chi connectivity index (χ4n) is 4.75. The normalized spacial score (nSPS) is 20.6. The Bertz CT molecular complexity index is 899. The average Bonchev–Trinajstić information content (AvgIpc) is 2.88. The third-order valence-corrected chi connectivity index (χ3v) is 6.38. The van der Waals surface area contributed by atoms with Gasteiger partial charge in [-0.05, 0) is 61.3 Å². The van der Waals surface area contributed by atoms with Crippen molar-refractivity contribution in [1.29, 1.82) is 0 Å². The maximum atomic E-state index is 14.1. The first-order valence-corrected chi connectivity index (χ1v) is 10.2. The highest BCUT2D eigenvalue weighted by Crippen LogP contribution is 2.32. The highest BCUT2D eigenvalue weighted by molar-refractivity contribution is 6.00. The molecule has 2 aromatic rings. The van der Waals surface area contributed by atoms with E-state index in [4.69, 9.17) is 0 Å². The van der Waals surface area contributed by atoms with Crippen molar-refractivity contribution in [3.05, 3.63) is 70.5 Å². The second kappa shape index (κ2) is 7.86. The minimum atomic E-state index is -0.339. The number of hydrogen-bond acceptors (Lipinski definition) is 2. The largest absolute Gasteiger partial charge is 0.342 e. The molecule has 2 aromatic carbocycles. The van der Waals surface area contributed by atoms with Gasteiger partial charge in [0, 0.05) is 31.0 Å². The van der Waals surface area contributed by atoms with Gasteiger partial charge in [0.25, 0.3) is 0 Å². The van der Waals surface area contributed by atoms with Gasteiger partial charge in [0.05, 0.1) is 0 Å². The molecule has 0 spiro atoms. The molecule has 1 fully saturated rings. The molecule has 1 aliphatic heterocycles. The Morgan fingerprint density at radius 3 is 2.54 bits per heavy atom. The van der Waals surface area contributed by atoms with Gasteiger partial charge in [0.15, 0.2) is 5.78 Å². The molecule has 1 saturated heterocycles. The van der Waals surface area contributed by atoms with Crippen molar-refractivity contribution in [3.63, 3.8) is 0 Å². The molecule has 0 N–H and O–H groups in total. The molecular formula is C24H26FNO2. The zero-order chi connectivity index (χ0) is 19.7. The Labute approximate surface area is 165 Å². The van der Waals surface area contributed by atoms with Gasteiger partial charge in [0.2, 0.25) is 5.91 Å². The van der Waals surface area contributed by atoms with Crippen LogP contribution in [0.4, 0.5) is 4.39 Å². The smallest absolute Gasteiger partial charge is 0.226 e. The lowest BCUT2D eigenvalue weighted by atomic mass is 9.86. The number of carbonyl (C=O) groups is 2. The SMILES string of the molecule is Cc1ccccc1C1CCN(C(=O)C2CCc3c(F)cccc3C(=O)C2)CC1. The molecule has 0 radical (unpaired) electrons. The van der Waals surface area contributed by atoms with Gasteiger partial charge >= 0.3 is 0 Å². The van der Waals surface area contributed by atoms with E-state index in [1.54, 1.807) is 12.1 Å². The highest BCUT2D eigenvalue weighted by Gasteiger charge is 2.33. The first-order chi connectivity index (χ1) is 13.5. The molecule has 0 aromatic heterocycles. The molecule has 1 atom stereocenters. The molecule has 3 nitrogen and oxygen atoms in total. The van der Waals surface area contributed by atoms with E-state index in [0.717, 1.165) is 25.9 Å². The summed E-state index contributed by atoms with van der Waals surface area (Å²) >= 11 is 0. The summed E-state index contributed by atoms with van der Waals surface area (Å²) in [6.07, 6.45) is 3.07. The van der Waals surface area contributed by atoms with E-state index in [2.05, 4.69) is 31.2 Å². The van der Waals surface area contributed by atoms with E-state index in [9.17, 15) is 14.0 Å². The Balaban J connectivity index is 1.42. The molecule has 2 aliphatic rings. The Morgan fingerprint density at radius 2 is 1.79 bits per heavy atom. The number of ketones is 1. The second-order valence-corrected chi connectivity index (χ2v) is 8.08. The summed E-state index contributed by atoms with van der Waals surface area (Å²) in [4.78, 5) is 27.6. The number of halogens is 1. The number of benzene rings is 2. The molecule has 1 aliphatic carbocycles. The van der Waals surface area contributed by atoms with Crippen molar-refractivity contribution in [1.82, 2.24) is 4.90 Å². The van der Waals surface area contributed by atoms with Crippen LogP contribution >= 0.6 is 0 Å². The van der Waals surface area contributed by atoms with E-state index in [1.807, 2.05) is 4.90 Å². The fraction of sp³-hybridized carbons (Fsp3) is 0.417. The van der Waals surface area contributed by atoms with Crippen LogP contribution in [0, 0.1) is 18.7 Å². The lowest BCUT2D eigenvalue weighted by Gasteiger charge is -2.34. The molecule has 1 unspecified atom stereocenters. The Hall–Kier alpha value is -2.49. The van der Waals surface area contributed by atoms with Crippen molar-refractivity contribution in [2.45, 2.75) is 44.9 Å². The van der Waals surface area contributed by atoms with Gasteiger partial charge in [-0.1, -0.05) is 36.4 Å². The topological polar surface area (TPSA) is 37.4 Å². The van der Waals surface area contributed by atoms with Crippen LogP contribution in [0.25, 0.3) is 0 Å². The molecule has 4 rings (SSSR count). The maximum absolute atomic E-state index is 14.1. The molecule has 146 valence electrons. The summed E-state index contributed by atoms with van der Waals surface area (Å²) in [6, 6.07) is 13.1. The van der Waals surface area contributed by atoms with Crippen LogP contribution in [0.2, 0.25) is 0 Å². The molecule has 28 heavy (non-hydrogen) atoms. The lowest BCUT2D eigenvalue weighted by Crippen LogP contribution is -2.41. The van der Waals surface area contributed by atoms with Gasteiger partial charge < -0.3 is 4.90 Å². The van der Waals surface area contributed by atoms with Gasteiger partial charge in [-0.25, -0.2) is 4.39 Å². The van der Waals surface area contributed by atoms with Crippen molar-refractivity contribution in [3.8, 4) is 0 Å². The van der Waals surface area contributed by atoms with E-state index in [1.165, 1.54) is 17.2 Å².